The van der Waals surface area contributed by atoms with Crippen molar-refractivity contribution in [3.05, 3.63) is 34.5 Å². The molecule has 0 aliphatic heterocycles. The molecule has 0 aliphatic rings. The molecule has 2 aromatic rings. The lowest BCUT2D eigenvalue weighted by atomic mass is 9.93. The molecule has 0 spiro atoms. The molecular formula is C17H28N6S. The molecule has 0 fully saturated rings. The van der Waals surface area contributed by atoms with Gasteiger partial charge in [0.25, 0.3) is 0 Å². The molecule has 0 radical (unpaired) electrons. The minimum absolute atomic E-state index is 0.119. The molecule has 6 nitrogen and oxygen atoms in total. The topological polar surface area (TPSA) is 67.1 Å². The van der Waals surface area contributed by atoms with Crippen LogP contribution in [0.4, 0.5) is 0 Å². The zero-order valence-corrected chi connectivity index (χ0v) is 15.9. The Morgan fingerprint density at radius 3 is 2.71 bits per heavy atom. The van der Waals surface area contributed by atoms with Gasteiger partial charge in [-0.2, -0.15) is 5.10 Å². The van der Waals surface area contributed by atoms with Gasteiger partial charge in [0.05, 0.1) is 10.7 Å². The van der Waals surface area contributed by atoms with Crippen LogP contribution in [-0.4, -0.2) is 40.9 Å². The third-order valence-electron chi connectivity index (χ3n) is 3.59. The van der Waals surface area contributed by atoms with Crippen LogP contribution in [0.2, 0.25) is 0 Å². The quantitative estimate of drug-likeness (QED) is 0.458. The van der Waals surface area contributed by atoms with Gasteiger partial charge in [-0.05, 0) is 12.5 Å². The second-order valence-corrected chi connectivity index (χ2v) is 7.62. The van der Waals surface area contributed by atoms with E-state index in [1.165, 1.54) is 10.7 Å². The first-order valence-electron chi connectivity index (χ1n) is 8.36. The van der Waals surface area contributed by atoms with Crippen molar-refractivity contribution in [2.75, 3.05) is 20.1 Å². The zero-order valence-electron chi connectivity index (χ0n) is 15.0. The molecule has 2 heterocycles. The zero-order chi connectivity index (χ0) is 17.4. The van der Waals surface area contributed by atoms with E-state index >= 15 is 0 Å². The molecule has 0 amide bonds. The highest BCUT2D eigenvalue weighted by molar-refractivity contribution is 7.09. The number of aromatic nitrogens is 3. The summed E-state index contributed by atoms with van der Waals surface area (Å²) in [6.07, 6.45) is 5.70. The molecule has 0 aromatic carbocycles. The minimum Gasteiger partial charge on any atom is -0.356 e. The van der Waals surface area contributed by atoms with Crippen molar-refractivity contribution in [3.8, 4) is 0 Å². The van der Waals surface area contributed by atoms with Gasteiger partial charge < -0.3 is 10.6 Å². The third-order valence-corrected chi connectivity index (χ3v) is 4.50. The van der Waals surface area contributed by atoms with Gasteiger partial charge in [-0.15, -0.1) is 11.3 Å². The van der Waals surface area contributed by atoms with Gasteiger partial charge in [-0.1, -0.05) is 20.8 Å². The Morgan fingerprint density at radius 1 is 1.29 bits per heavy atom. The summed E-state index contributed by atoms with van der Waals surface area (Å²) in [5.74, 6) is 0.836. The van der Waals surface area contributed by atoms with E-state index in [2.05, 4.69) is 46.9 Å². The molecule has 0 bridgehead atoms. The van der Waals surface area contributed by atoms with Crippen molar-refractivity contribution in [1.82, 2.24) is 25.4 Å². The normalized spacial score (nSPS) is 12.4. The van der Waals surface area contributed by atoms with Crippen molar-refractivity contribution < 1.29 is 0 Å². The number of guanidine groups is 1. The molecule has 0 aliphatic carbocycles. The summed E-state index contributed by atoms with van der Waals surface area (Å²) in [7, 11) is 1.80. The van der Waals surface area contributed by atoms with Crippen molar-refractivity contribution in [2.45, 2.75) is 45.6 Å². The number of hydrogen-bond acceptors (Lipinski definition) is 4. The number of rotatable bonds is 7. The van der Waals surface area contributed by atoms with Gasteiger partial charge in [0, 0.05) is 56.3 Å². The molecule has 2 N–H and O–H groups in total. The standard InChI is InChI=1S/C17H28N6S/c1-17(2,3)14-13-24-15(22-14)7-10-20-16(18-4)19-8-5-11-23-12-6-9-21-23/h6,9,12-13H,5,7-8,10-11H2,1-4H3,(H2,18,19,20). The van der Waals surface area contributed by atoms with Gasteiger partial charge in [0.2, 0.25) is 0 Å². The lowest BCUT2D eigenvalue weighted by Crippen LogP contribution is -2.39. The van der Waals surface area contributed by atoms with Crippen molar-refractivity contribution in [3.63, 3.8) is 0 Å². The van der Waals surface area contributed by atoms with Crippen LogP contribution in [0.3, 0.4) is 0 Å². The second kappa shape index (κ2) is 8.82. The first-order valence-corrected chi connectivity index (χ1v) is 9.24. The van der Waals surface area contributed by atoms with Crippen LogP contribution < -0.4 is 10.6 Å². The summed E-state index contributed by atoms with van der Waals surface area (Å²) in [5.41, 5.74) is 1.29. The Morgan fingerprint density at radius 2 is 2.08 bits per heavy atom. The average Bonchev–Trinajstić information content (AvgIpc) is 3.20. The average molecular weight is 349 g/mol. The molecule has 7 heteroatoms. The largest absolute Gasteiger partial charge is 0.356 e. The van der Waals surface area contributed by atoms with Crippen LogP contribution in [0.25, 0.3) is 0 Å². The fourth-order valence-corrected chi connectivity index (χ4v) is 3.18. The van der Waals surface area contributed by atoms with Crippen LogP contribution in [0.5, 0.6) is 0 Å². The smallest absolute Gasteiger partial charge is 0.190 e. The molecular weight excluding hydrogens is 320 g/mol. The summed E-state index contributed by atoms with van der Waals surface area (Å²) < 4.78 is 1.94. The van der Waals surface area contributed by atoms with E-state index in [4.69, 9.17) is 4.98 Å². The van der Waals surface area contributed by atoms with Crippen LogP contribution in [0.1, 0.15) is 37.9 Å². The Bertz CT molecular complexity index is 624. The van der Waals surface area contributed by atoms with E-state index < -0.39 is 0 Å². The first kappa shape index (κ1) is 18.4. The summed E-state index contributed by atoms with van der Waals surface area (Å²) >= 11 is 1.73. The van der Waals surface area contributed by atoms with Crippen LogP contribution in [0.15, 0.2) is 28.8 Å². The number of aliphatic imine (C=N–C) groups is 1. The maximum absolute atomic E-state index is 4.72. The van der Waals surface area contributed by atoms with Gasteiger partial charge in [-0.25, -0.2) is 4.98 Å². The number of nitrogens with one attached hydrogen (secondary N) is 2. The molecule has 0 unspecified atom stereocenters. The molecule has 132 valence electrons. The van der Waals surface area contributed by atoms with Crippen molar-refractivity contribution >= 4 is 17.3 Å². The number of aryl methyl sites for hydroxylation is 1. The summed E-state index contributed by atoms with van der Waals surface area (Å²) in [6.45, 7) is 9.18. The van der Waals surface area contributed by atoms with E-state index in [1.807, 2.05) is 16.9 Å². The van der Waals surface area contributed by atoms with Gasteiger partial charge in [0.15, 0.2) is 5.96 Å². The lowest BCUT2D eigenvalue weighted by molar-refractivity contribution is 0.568. The maximum atomic E-state index is 4.72. The predicted molar refractivity (Wildman–Crippen MR) is 101 cm³/mol. The number of hydrogen-bond donors (Lipinski definition) is 2. The molecule has 2 aromatic heterocycles. The Hall–Kier alpha value is -1.89. The molecule has 0 atom stereocenters. The first-order chi connectivity index (χ1) is 11.5. The highest BCUT2D eigenvalue weighted by Crippen LogP contribution is 2.23. The van der Waals surface area contributed by atoms with E-state index in [1.54, 1.807) is 24.6 Å². The minimum atomic E-state index is 0.119. The van der Waals surface area contributed by atoms with Gasteiger partial charge in [-0.3, -0.25) is 9.67 Å². The number of thiazole rings is 1. The second-order valence-electron chi connectivity index (χ2n) is 6.67. The van der Waals surface area contributed by atoms with E-state index in [0.717, 1.165) is 38.4 Å². The molecule has 0 saturated carbocycles. The van der Waals surface area contributed by atoms with Crippen LogP contribution in [0, 0.1) is 0 Å². The van der Waals surface area contributed by atoms with Gasteiger partial charge >= 0.3 is 0 Å². The van der Waals surface area contributed by atoms with Crippen LogP contribution in [-0.2, 0) is 18.4 Å². The fraction of sp³-hybridized carbons (Fsp3) is 0.588. The SMILES string of the molecule is CN=C(NCCCn1cccn1)NCCc1nc(C(C)(C)C)cs1. The fourth-order valence-electron chi connectivity index (χ4n) is 2.16. The van der Waals surface area contributed by atoms with E-state index in [0.29, 0.717) is 0 Å². The summed E-state index contributed by atoms with van der Waals surface area (Å²) in [4.78, 5) is 8.97. The predicted octanol–water partition coefficient (Wildman–Crippen LogP) is 2.43. The van der Waals surface area contributed by atoms with E-state index in [9.17, 15) is 0 Å². The number of nitrogens with zero attached hydrogens (tertiary/aromatic N) is 4. The summed E-state index contributed by atoms with van der Waals surface area (Å²) in [6, 6.07) is 1.94. The van der Waals surface area contributed by atoms with Crippen molar-refractivity contribution in [1.29, 1.82) is 0 Å². The lowest BCUT2D eigenvalue weighted by Gasteiger charge is -2.14. The third kappa shape index (κ3) is 5.96. The Labute approximate surface area is 148 Å². The Balaban J connectivity index is 1.65. The maximum Gasteiger partial charge on any atom is 0.190 e. The highest BCUT2D eigenvalue weighted by Gasteiger charge is 2.17. The molecule has 2 rings (SSSR count). The highest BCUT2D eigenvalue weighted by atomic mass is 32.1. The van der Waals surface area contributed by atoms with Crippen LogP contribution >= 0.6 is 11.3 Å². The molecule has 24 heavy (non-hydrogen) atoms. The Kier molecular flexibility index (Phi) is 6.78. The monoisotopic (exact) mass is 348 g/mol. The van der Waals surface area contributed by atoms with E-state index in [-0.39, 0.29) is 5.41 Å². The molecule has 0 saturated heterocycles. The van der Waals surface area contributed by atoms with Gasteiger partial charge in [0.1, 0.15) is 0 Å². The van der Waals surface area contributed by atoms with Crippen molar-refractivity contribution in [2.24, 2.45) is 4.99 Å². The summed E-state index contributed by atoms with van der Waals surface area (Å²) in [5, 5.41) is 14.2.